The van der Waals surface area contributed by atoms with Gasteiger partial charge in [-0.3, -0.25) is 0 Å². The Kier molecular flexibility index (Phi) is 6.27. The summed E-state index contributed by atoms with van der Waals surface area (Å²) in [5, 5.41) is 0. The van der Waals surface area contributed by atoms with Crippen molar-refractivity contribution >= 4 is 38.8 Å². The lowest BCUT2D eigenvalue weighted by atomic mass is 10.1. The summed E-state index contributed by atoms with van der Waals surface area (Å²) in [6, 6.07) is 6.15. The van der Waals surface area contributed by atoms with E-state index in [1.54, 1.807) is 0 Å². The molecule has 0 radical (unpaired) electrons. The number of hydrogen-bond donors (Lipinski definition) is 1. The van der Waals surface area contributed by atoms with Gasteiger partial charge in [0, 0.05) is 28.8 Å². The Hall–Kier alpha value is -0.610. The molecule has 106 valence electrons. The first-order valence-corrected chi connectivity index (χ1v) is 7.85. The van der Waals surface area contributed by atoms with Gasteiger partial charge in [0.15, 0.2) is 0 Å². The van der Waals surface area contributed by atoms with Crippen LogP contribution in [0.2, 0.25) is 0 Å². The second kappa shape index (κ2) is 7.25. The highest BCUT2D eigenvalue weighted by Crippen LogP contribution is 2.26. The number of anilines is 1. The van der Waals surface area contributed by atoms with E-state index in [2.05, 4.69) is 54.6 Å². The van der Waals surface area contributed by atoms with Gasteiger partial charge in [0.25, 0.3) is 0 Å². The third-order valence-electron chi connectivity index (χ3n) is 2.74. The smallest absolute Gasteiger partial charge is 0.106 e. The van der Waals surface area contributed by atoms with Crippen molar-refractivity contribution in [1.82, 2.24) is 0 Å². The molecule has 1 aromatic carbocycles. The van der Waals surface area contributed by atoms with Gasteiger partial charge in [-0.2, -0.15) is 0 Å². The van der Waals surface area contributed by atoms with Crippen molar-refractivity contribution in [2.75, 3.05) is 18.0 Å². The summed E-state index contributed by atoms with van der Waals surface area (Å²) in [6.07, 6.45) is 0. The van der Waals surface area contributed by atoms with Crippen LogP contribution in [-0.4, -0.2) is 18.1 Å². The Morgan fingerprint density at radius 1 is 1.21 bits per heavy atom. The second-order valence-electron chi connectivity index (χ2n) is 5.72. The van der Waals surface area contributed by atoms with Crippen LogP contribution in [0.25, 0.3) is 0 Å². The first-order chi connectivity index (χ1) is 8.81. The Morgan fingerprint density at radius 2 is 1.74 bits per heavy atom. The lowest BCUT2D eigenvalue weighted by molar-refractivity contribution is 0.552. The van der Waals surface area contributed by atoms with Gasteiger partial charge in [-0.25, -0.2) is 0 Å². The molecule has 0 aliphatic rings. The summed E-state index contributed by atoms with van der Waals surface area (Å²) in [4.78, 5) is 2.84. The first-order valence-electron chi connectivity index (χ1n) is 6.65. The average molecular weight is 343 g/mol. The molecule has 1 rings (SSSR count). The standard InChI is InChI=1S/C15H23BrN2S/c1-10(2)8-18(9-11(3)4)14-6-5-12(16)7-13(14)15(17)19/h5-7,10-11H,8-9H2,1-4H3,(H2,17,19). The second-order valence-corrected chi connectivity index (χ2v) is 7.07. The third-order valence-corrected chi connectivity index (χ3v) is 3.45. The van der Waals surface area contributed by atoms with Crippen molar-refractivity contribution in [2.24, 2.45) is 17.6 Å². The average Bonchev–Trinajstić information content (AvgIpc) is 2.26. The molecule has 0 amide bonds. The van der Waals surface area contributed by atoms with Gasteiger partial charge < -0.3 is 10.6 Å². The van der Waals surface area contributed by atoms with Gasteiger partial charge in [-0.1, -0.05) is 55.8 Å². The summed E-state index contributed by atoms with van der Waals surface area (Å²) >= 11 is 8.67. The van der Waals surface area contributed by atoms with Crippen LogP contribution in [0.15, 0.2) is 22.7 Å². The minimum atomic E-state index is 0.453. The minimum absolute atomic E-state index is 0.453. The minimum Gasteiger partial charge on any atom is -0.389 e. The maximum Gasteiger partial charge on any atom is 0.106 e. The van der Waals surface area contributed by atoms with E-state index >= 15 is 0 Å². The summed E-state index contributed by atoms with van der Waals surface area (Å²) in [7, 11) is 0. The van der Waals surface area contributed by atoms with E-state index in [0.29, 0.717) is 16.8 Å². The van der Waals surface area contributed by atoms with Gasteiger partial charge in [-0.15, -0.1) is 0 Å². The van der Waals surface area contributed by atoms with Gasteiger partial charge in [0.1, 0.15) is 4.99 Å². The molecular formula is C15H23BrN2S. The molecule has 0 bridgehead atoms. The molecule has 0 heterocycles. The molecule has 1 aromatic rings. The zero-order valence-electron chi connectivity index (χ0n) is 12.1. The molecule has 19 heavy (non-hydrogen) atoms. The molecule has 0 unspecified atom stereocenters. The summed E-state index contributed by atoms with van der Waals surface area (Å²) in [5.41, 5.74) is 7.95. The molecule has 0 atom stereocenters. The van der Waals surface area contributed by atoms with Gasteiger partial charge in [0.05, 0.1) is 0 Å². The van der Waals surface area contributed by atoms with Crippen LogP contribution in [0, 0.1) is 11.8 Å². The summed E-state index contributed by atoms with van der Waals surface area (Å²) < 4.78 is 1.01. The Labute approximate surface area is 130 Å². The number of thiocarbonyl (C=S) groups is 1. The fraction of sp³-hybridized carbons (Fsp3) is 0.533. The lowest BCUT2D eigenvalue weighted by Crippen LogP contribution is -2.33. The van der Waals surface area contributed by atoms with Crippen LogP contribution >= 0.6 is 28.1 Å². The zero-order chi connectivity index (χ0) is 14.6. The van der Waals surface area contributed by atoms with Crippen molar-refractivity contribution in [3.63, 3.8) is 0 Å². The van der Waals surface area contributed by atoms with Gasteiger partial charge in [-0.05, 0) is 30.0 Å². The van der Waals surface area contributed by atoms with Crippen molar-refractivity contribution in [3.8, 4) is 0 Å². The maximum absolute atomic E-state index is 5.87. The number of benzene rings is 1. The van der Waals surface area contributed by atoms with E-state index in [1.807, 2.05) is 12.1 Å². The van der Waals surface area contributed by atoms with Crippen LogP contribution in [0.1, 0.15) is 33.3 Å². The molecule has 0 saturated carbocycles. The van der Waals surface area contributed by atoms with E-state index in [-0.39, 0.29) is 0 Å². The highest BCUT2D eigenvalue weighted by Gasteiger charge is 2.15. The molecule has 0 spiro atoms. The Bertz CT molecular complexity index is 434. The van der Waals surface area contributed by atoms with Crippen molar-refractivity contribution < 1.29 is 0 Å². The zero-order valence-corrected chi connectivity index (χ0v) is 14.5. The normalized spacial score (nSPS) is 11.1. The first kappa shape index (κ1) is 16.4. The van der Waals surface area contributed by atoms with Crippen LogP contribution < -0.4 is 10.6 Å². The van der Waals surface area contributed by atoms with Crippen LogP contribution in [0.4, 0.5) is 5.69 Å². The number of halogens is 1. The van der Waals surface area contributed by atoms with Gasteiger partial charge >= 0.3 is 0 Å². The van der Waals surface area contributed by atoms with Crippen LogP contribution in [0.3, 0.4) is 0 Å². The highest BCUT2D eigenvalue weighted by atomic mass is 79.9. The van der Waals surface area contributed by atoms with Crippen molar-refractivity contribution in [1.29, 1.82) is 0 Å². The molecule has 2 N–H and O–H groups in total. The fourth-order valence-corrected chi connectivity index (χ4v) is 2.66. The quantitative estimate of drug-likeness (QED) is 0.785. The number of nitrogens with zero attached hydrogens (tertiary/aromatic N) is 1. The summed E-state index contributed by atoms with van der Waals surface area (Å²) in [6.45, 7) is 10.9. The molecule has 0 aromatic heterocycles. The largest absolute Gasteiger partial charge is 0.389 e. The topological polar surface area (TPSA) is 29.3 Å². The fourth-order valence-electron chi connectivity index (χ4n) is 2.13. The van der Waals surface area contributed by atoms with Crippen LogP contribution in [0.5, 0.6) is 0 Å². The van der Waals surface area contributed by atoms with E-state index in [9.17, 15) is 0 Å². The van der Waals surface area contributed by atoms with E-state index in [0.717, 1.165) is 28.8 Å². The molecule has 0 aliphatic heterocycles. The predicted molar refractivity (Wildman–Crippen MR) is 91.9 cm³/mol. The number of rotatable bonds is 6. The number of nitrogens with two attached hydrogens (primary N) is 1. The molecular weight excluding hydrogens is 320 g/mol. The van der Waals surface area contributed by atoms with Crippen molar-refractivity contribution in [2.45, 2.75) is 27.7 Å². The predicted octanol–water partition coefficient (Wildman–Crippen LogP) is 4.20. The maximum atomic E-state index is 5.87. The Morgan fingerprint density at radius 3 is 2.16 bits per heavy atom. The molecule has 0 fully saturated rings. The Balaban J connectivity index is 3.16. The van der Waals surface area contributed by atoms with Gasteiger partial charge in [0.2, 0.25) is 0 Å². The van der Waals surface area contributed by atoms with E-state index in [4.69, 9.17) is 18.0 Å². The lowest BCUT2D eigenvalue weighted by Gasteiger charge is -2.30. The third kappa shape index (κ3) is 5.11. The SMILES string of the molecule is CC(C)CN(CC(C)C)c1ccc(Br)cc1C(N)=S. The van der Waals surface area contributed by atoms with E-state index < -0.39 is 0 Å². The molecule has 0 aliphatic carbocycles. The van der Waals surface area contributed by atoms with E-state index in [1.165, 1.54) is 0 Å². The van der Waals surface area contributed by atoms with Crippen LogP contribution in [-0.2, 0) is 0 Å². The molecule has 4 heteroatoms. The monoisotopic (exact) mass is 342 g/mol. The molecule has 0 saturated heterocycles. The summed E-state index contributed by atoms with van der Waals surface area (Å²) in [5.74, 6) is 1.20. The van der Waals surface area contributed by atoms with Crippen molar-refractivity contribution in [3.05, 3.63) is 28.2 Å². The highest BCUT2D eigenvalue weighted by molar-refractivity contribution is 9.10. The number of hydrogen-bond acceptors (Lipinski definition) is 2. The molecule has 2 nitrogen and oxygen atoms in total.